The Morgan fingerprint density at radius 1 is 1.40 bits per heavy atom. The average Bonchev–Trinajstić information content (AvgIpc) is 2.97. The molecular weight excluding hydrogens is 258 g/mol. The number of aromatic nitrogens is 2. The fourth-order valence-corrected chi connectivity index (χ4v) is 1.76. The molecule has 6 heteroatoms. The summed E-state index contributed by atoms with van der Waals surface area (Å²) in [5.41, 5.74) is 1.35. The van der Waals surface area contributed by atoms with Gasteiger partial charge in [0.25, 0.3) is 5.91 Å². The molecule has 0 fully saturated rings. The Kier molecular flexibility index (Phi) is 4.84. The van der Waals surface area contributed by atoms with Gasteiger partial charge in [0.05, 0.1) is 6.10 Å². The van der Waals surface area contributed by atoms with Crippen molar-refractivity contribution in [3.05, 3.63) is 36.2 Å². The van der Waals surface area contributed by atoms with Crippen LogP contribution >= 0.6 is 0 Å². The van der Waals surface area contributed by atoms with Gasteiger partial charge in [-0.15, -0.1) is 10.2 Å². The van der Waals surface area contributed by atoms with Crippen LogP contribution in [-0.2, 0) is 0 Å². The minimum atomic E-state index is -0.333. The molecule has 0 aliphatic carbocycles. The van der Waals surface area contributed by atoms with Crippen molar-refractivity contribution in [3.8, 4) is 11.5 Å². The van der Waals surface area contributed by atoms with Crippen molar-refractivity contribution in [1.29, 1.82) is 0 Å². The van der Waals surface area contributed by atoms with Crippen molar-refractivity contribution < 1.29 is 14.3 Å². The first-order valence-corrected chi connectivity index (χ1v) is 6.49. The highest BCUT2D eigenvalue weighted by Gasteiger charge is 2.07. The average molecular weight is 275 g/mol. The third-order valence-corrected chi connectivity index (χ3v) is 2.84. The molecule has 6 nitrogen and oxygen atoms in total. The molecule has 0 spiro atoms. The highest BCUT2D eigenvalue weighted by Crippen LogP contribution is 2.16. The maximum atomic E-state index is 11.9. The van der Waals surface area contributed by atoms with E-state index in [1.807, 2.05) is 0 Å². The summed E-state index contributed by atoms with van der Waals surface area (Å²) in [5, 5.41) is 19.3. The van der Waals surface area contributed by atoms with Gasteiger partial charge in [0, 0.05) is 17.7 Å². The van der Waals surface area contributed by atoms with E-state index in [1.165, 1.54) is 6.39 Å². The van der Waals surface area contributed by atoms with Gasteiger partial charge in [-0.3, -0.25) is 4.79 Å². The molecule has 1 aromatic heterocycles. The van der Waals surface area contributed by atoms with Crippen LogP contribution in [0.2, 0.25) is 0 Å². The third-order valence-electron chi connectivity index (χ3n) is 2.84. The lowest BCUT2D eigenvalue weighted by atomic mass is 10.1. The number of amides is 1. The van der Waals surface area contributed by atoms with Crippen LogP contribution in [0.5, 0.6) is 0 Å². The maximum absolute atomic E-state index is 11.9. The fraction of sp³-hybridized carbons (Fsp3) is 0.357. The first-order valence-electron chi connectivity index (χ1n) is 6.49. The van der Waals surface area contributed by atoms with Crippen LogP contribution in [-0.4, -0.2) is 33.9 Å². The van der Waals surface area contributed by atoms with Gasteiger partial charge in [0.15, 0.2) is 0 Å². The number of carbonyl (C=O) groups is 1. The lowest BCUT2D eigenvalue weighted by Crippen LogP contribution is -2.24. The summed E-state index contributed by atoms with van der Waals surface area (Å²) in [6.07, 6.45) is 2.36. The highest BCUT2D eigenvalue weighted by atomic mass is 16.4. The summed E-state index contributed by atoms with van der Waals surface area (Å²) < 4.78 is 5.08. The second-order valence-corrected chi connectivity index (χ2v) is 4.57. The zero-order valence-electron chi connectivity index (χ0n) is 11.2. The predicted molar refractivity (Wildman–Crippen MR) is 73.0 cm³/mol. The molecule has 1 heterocycles. The zero-order valence-corrected chi connectivity index (χ0v) is 11.2. The Balaban J connectivity index is 1.88. The number of carbonyl (C=O) groups excluding carboxylic acids is 1. The van der Waals surface area contributed by atoms with E-state index in [9.17, 15) is 4.79 Å². The molecule has 1 unspecified atom stereocenters. The second-order valence-electron chi connectivity index (χ2n) is 4.57. The van der Waals surface area contributed by atoms with E-state index in [0.717, 1.165) is 12.0 Å². The van der Waals surface area contributed by atoms with Gasteiger partial charge in [-0.1, -0.05) is 0 Å². The van der Waals surface area contributed by atoms with E-state index in [2.05, 4.69) is 15.5 Å². The Morgan fingerprint density at radius 3 is 2.75 bits per heavy atom. The molecule has 0 aliphatic heterocycles. The number of aliphatic hydroxyl groups excluding tert-OH is 1. The summed E-state index contributed by atoms with van der Waals surface area (Å²) in [7, 11) is 0. The van der Waals surface area contributed by atoms with Crippen molar-refractivity contribution >= 4 is 5.91 Å². The van der Waals surface area contributed by atoms with Crippen LogP contribution in [0.4, 0.5) is 0 Å². The fourth-order valence-electron chi connectivity index (χ4n) is 1.76. The van der Waals surface area contributed by atoms with E-state index < -0.39 is 0 Å². The smallest absolute Gasteiger partial charge is 0.251 e. The first-order chi connectivity index (χ1) is 9.66. The molecule has 2 N–H and O–H groups in total. The lowest BCUT2D eigenvalue weighted by Gasteiger charge is -2.06. The Bertz CT molecular complexity index is 535. The quantitative estimate of drug-likeness (QED) is 0.782. The van der Waals surface area contributed by atoms with E-state index in [-0.39, 0.29) is 12.0 Å². The topological polar surface area (TPSA) is 88.2 Å². The number of benzene rings is 1. The van der Waals surface area contributed by atoms with Crippen LogP contribution in [0.15, 0.2) is 35.1 Å². The van der Waals surface area contributed by atoms with Crippen molar-refractivity contribution in [2.75, 3.05) is 6.54 Å². The minimum absolute atomic E-state index is 0.132. The van der Waals surface area contributed by atoms with Gasteiger partial charge >= 0.3 is 0 Å². The molecule has 0 aliphatic rings. The van der Waals surface area contributed by atoms with Gasteiger partial charge in [0.1, 0.15) is 0 Å². The lowest BCUT2D eigenvalue weighted by molar-refractivity contribution is 0.0949. The number of hydrogen-bond donors (Lipinski definition) is 2. The van der Waals surface area contributed by atoms with Crippen molar-refractivity contribution in [2.24, 2.45) is 0 Å². The number of aliphatic hydroxyl groups is 1. The van der Waals surface area contributed by atoms with E-state index in [1.54, 1.807) is 31.2 Å². The molecule has 20 heavy (non-hydrogen) atoms. The summed E-state index contributed by atoms with van der Waals surface area (Å²) in [6.45, 7) is 2.28. The number of nitrogens with zero attached hydrogens (tertiary/aromatic N) is 2. The highest BCUT2D eigenvalue weighted by molar-refractivity contribution is 5.94. The molecule has 0 saturated heterocycles. The largest absolute Gasteiger partial charge is 0.423 e. The van der Waals surface area contributed by atoms with Gasteiger partial charge < -0.3 is 14.8 Å². The number of nitrogens with one attached hydrogen (secondary N) is 1. The summed E-state index contributed by atoms with van der Waals surface area (Å²) in [5.74, 6) is 0.293. The molecule has 0 bridgehead atoms. The number of rotatable bonds is 6. The SMILES string of the molecule is CC(O)CCCNC(=O)c1ccc(-c2nnco2)cc1. The van der Waals surface area contributed by atoms with Crippen LogP contribution in [0.1, 0.15) is 30.1 Å². The molecule has 0 radical (unpaired) electrons. The summed E-state index contributed by atoms with van der Waals surface area (Å²) >= 11 is 0. The normalized spacial score (nSPS) is 12.1. The van der Waals surface area contributed by atoms with Crippen LogP contribution in [0.3, 0.4) is 0 Å². The van der Waals surface area contributed by atoms with E-state index in [4.69, 9.17) is 9.52 Å². The van der Waals surface area contributed by atoms with Gasteiger partial charge in [-0.25, -0.2) is 0 Å². The molecule has 106 valence electrons. The van der Waals surface area contributed by atoms with Gasteiger partial charge in [-0.05, 0) is 44.0 Å². The van der Waals surface area contributed by atoms with Gasteiger partial charge in [0.2, 0.25) is 12.3 Å². The summed E-state index contributed by atoms with van der Waals surface area (Å²) in [6, 6.07) is 6.95. The first kappa shape index (κ1) is 14.2. The van der Waals surface area contributed by atoms with Crippen molar-refractivity contribution in [1.82, 2.24) is 15.5 Å². The molecule has 2 rings (SSSR count). The standard InChI is InChI=1S/C14H17N3O3/c1-10(18)3-2-8-15-13(19)11-4-6-12(7-5-11)14-17-16-9-20-14/h4-7,9-10,18H,2-3,8H2,1H3,(H,15,19). The molecule has 1 amide bonds. The molecule has 1 atom stereocenters. The Labute approximate surface area is 116 Å². The van der Waals surface area contributed by atoms with Crippen molar-refractivity contribution in [3.63, 3.8) is 0 Å². The summed E-state index contributed by atoms with van der Waals surface area (Å²) in [4.78, 5) is 11.9. The van der Waals surface area contributed by atoms with E-state index in [0.29, 0.717) is 24.4 Å². The molecule has 2 aromatic rings. The maximum Gasteiger partial charge on any atom is 0.251 e. The van der Waals surface area contributed by atoms with Crippen molar-refractivity contribution in [2.45, 2.75) is 25.9 Å². The monoisotopic (exact) mass is 275 g/mol. The predicted octanol–water partition coefficient (Wildman–Crippen LogP) is 1.63. The Hall–Kier alpha value is -2.21. The van der Waals surface area contributed by atoms with Crippen LogP contribution in [0, 0.1) is 0 Å². The van der Waals surface area contributed by atoms with Crippen LogP contribution < -0.4 is 5.32 Å². The van der Waals surface area contributed by atoms with E-state index >= 15 is 0 Å². The number of hydrogen-bond acceptors (Lipinski definition) is 5. The van der Waals surface area contributed by atoms with Gasteiger partial charge in [-0.2, -0.15) is 0 Å². The minimum Gasteiger partial charge on any atom is -0.423 e. The zero-order chi connectivity index (χ0) is 14.4. The molecule has 1 aromatic carbocycles. The van der Waals surface area contributed by atoms with Crippen LogP contribution in [0.25, 0.3) is 11.5 Å². The molecular formula is C14H17N3O3. The third kappa shape index (κ3) is 3.89. The second kappa shape index (κ2) is 6.81. The molecule has 0 saturated carbocycles. The Morgan fingerprint density at radius 2 is 2.15 bits per heavy atom.